The fourth-order valence-corrected chi connectivity index (χ4v) is 8.42. The van der Waals surface area contributed by atoms with Gasteiger partial charge >= 0.3 is 0 Å². The summed E-state index contributed by atoms with van der Waals surface area (Å²) in [6.45, 7) is 3.71. The van der Waals surface area contributed by atoms with Crippen molar-refractivity contribution in [3.63, 3.8) is 0 Å². The van der Waals surface area contributed by atoms with Gasteiger partial charge in [0.25, 0.3) is 0 Å². The van der Waals surface area contributed by atoms with Crippen LogP contribution in [-0.2, 0) is 33.9 Å². The smallest absolute Gasteiger partial charge is 0.245 e. The molecule has 0 aliphatic carbocycles. The Balaban J connectivity index is 1.44. The van der Waals surface area contributed by atoms with Crippen molar-refractivity contribution in [3.8, 4) is 11.1 Å². The normalized spacial score (nSPS) is 18.7. The number of fused-ring (bicyclic) bond motifs is 3. The van der Waals surface area contributed by atoms with Crippen molar-refractivity contribution >= 4 is 40.4 Å². The Morgan fingerprint density at radius 2 is 1.49 bits per heavy atom. The molecule has 10 nitrogen and oxygen atoms in total. The van der Waals surface area contributed by atoms with Crippen LogP contribution in [0.1, 0.15) is 54.4 Å². The summed E-state index contributed by atoms with van der Waals surface area (Å²) < 4.78 is 0. The third kappa shape index (κ3) is 9.84. The number of para-hydroxylation sites is 1. The molecule has 3 unspecified atom stereocenters. The molecule has 0 bridgehead atoms. The highest BCUT2D eigenvalue weighted by Gasteiger charge is 2.34. The van der Waals surface area contributed by atoms with Crippen molar-refractivity contribution in [2.24, 2.45) is 11.5 Å². The highest BCUT2D eigenvalue weighted by Crippen LogP contribution is 2.38. The molecule has 5 aromatic rings. The number of hydrogen-bond donors (Lipinski definition) is 6. The summed E-state index contributed by atoms with van der Waals surface area (Å²) in [6, 6.07) is 28.4. The van der Waals surface area contributed by atoms with Gasteiger partial charge in [-0.25, -0.2) is 0 Å². The SMILES string of the molecule is Cc1cc(-c2ccccc2)cc2c1Sc1ccccc1CNC(CCCN)C(=O)NC(CCCCN)C(=O)N(C)C(Cc1c[nH]c3ccccc13)C(=O)NC2. The number of rotatable bonds is 10. The number of carbonyl (C=O) groups excluding carboxylic acids is 3. The summed E-state index contributed by atoms with van der Waals surface area (Å²) in [7, 11) is 1.67. The summed E-state index contributed by atoms with van der Waals surface area (Å²) >= 11 is 1.66. The molecule has 0 spiro atoms. The zero-order valence-corrected chi connectivity index (χ0v) is 32.6. The standard InChI is InChI=1S/C44H53N7O3S/c1-29-23-32(30-13-4-3-5-14-30)24-34-28-49-43(53)39(25-33-27-47-36-17-8-7-16-35(33)36)51(2)44(54)38(18-10-11-21-45)50-42(52)37(19-12-22-46)48-26-31-15-6-9-20-40(31)55-41(29)34/h3-9,13-17,20,23-24,27,37-39,47-48H,10-12,18-19,21-22,25-26,28,45-46H2,1-2H3,(H,49,53)(H,50,52). The number of aromatic amines is 1. The molecule has 3 atom stereocenters. The Morgan fingerprint density at radius 1 is 0.764 bits per heavy atom. The van der Waals surface area contributed by atoms with Gasteiger partial charge in [-0.05, 0) is 104 Å². The zero-order valence-electron chi connectivity index (χ0n) is 31.8. The number of H-pyrrole nitrogens is 1. The molecule has 2 heterocycles. The highest BCUT2D eigenvalue weighted by molar-refractivity contribution is 7.99. The molecular weight excluding hydrogens is 707 g/mol. The van der Waals surface area contributed by atoms with Crippen LogP contribution in [0.4, 0.5) is 0 Å². The first-order valence-corrected chi connectivity index (χ1v) is 20.1. The number of likely N-dealkylation sites (N-methyl/N-ethyl adjacent to an activating group) is 1. The largest absolute Gasteiger partial charge is 0.361 e. The Hall–Kier alpha value is -4.94. The Labute approximate surface area is 328 Å². The van der Waals surface area contributed by atoms with Crippen LogP contribution < -0.4 is 27.4 Å². The third-order valence-corrected chi connectivity index (χ3v) is 11.8. The number of hydrogen-bond acceptors (Lipinski definition) is 7. The number of nitrogens with two attached hydrogens (primary N) is 2. The van der Waals surface area contributed by atoms with Crippen LogP contribution >= 0.6 is 11.8 Å². The maximum atomic E-state index is 14.6. The van der Waals surface area contributed by atoms with E-state index in [4.69, 9.17) is 11.5 Å². The second-order valence-electron chi connectivity index (χ2n) is 14.3. The van der Waals surface area contributed by atoms with E-state index >= 15 is 0 Å². The quantitative estimate of drug-likeness (QED) is 0.0982. The average Bonchev–Trinajstić information content (AvgIpc) is 3.62. The first kappa shape index (κ1) is 39.7. The average molecular weight is 760 g/mol. The maximum Gasteiger partial charge on any atom is 0.245 e. The number of nitrogens with one attached hydrogen (secondary N) is 4. The molecule has 1 aliphatic heterocycles. The van der Waals surface area contributed by atoms with Crippen LogP contribution in [0.5, 0.6) is 0 Å². The van der Waals surface area contributed by atoms with Crippen LogP contribution in [0.25, 0.3) is 22.0 Å². The van der Waals surface area contributed by atoms with E-state index in [9.17, 15) is 14.4 Å². The minimum Gasteiger partial charge on any atom is -0.361 e. The summed E-state index contributed by atoms with van der Waals surface area (Å²) in [5.41, 5.74) is 18.9. The van der Waals surface area contributed by atoms with Crippen LogP contribution in [0.15, 0.2) is 107 Å². The van der Waals surface area contributed by atoms with Crippen LogP contribution in [0.3, 0.4) is 0 Å². The van der Waals surface area contributed by atoms with Crippen molar-refractivity contribution in [2.75, 3.05) is 20.1 Å². The lowest BCUT2D eigenvalue weighted by Crippen LogP contribution is -2.57. The summed E-state index contributed by atoms with van der Waals surface area (Å²) in [5, 5.41) is 10.8. The van der Waals surface area contributed by atoms with Gasteiger partial charge in [0.05, 0.1) is 6.04 Å². The van der Waals surface area contributed by atoms with Crippen molar-refractivity contribution in [1.82, 2.24) is 25.8 Å². The Bertz CT molecular complexity index is 2080. The van der Waals surface area contributed by atoms with Gasteiger partial charge in [-0.15, -0.1) is 0 Å². The molecule has 288 valence electrons. The van der Waals surface area contributed by atoms with E-state index in [1.54, 1.807) is 18.8 Å². The van der Waals surface area contributed by atoms with Gasteiger partial charge in [0, 0.05) is 53.4 Å². The molecule has 0 saturated carbocycles. The molecule has 0 fully saturated rings. The van der Waals surface area contributed by atoms with Gasteiger partial charge in [-0.2, -0.15) is 0 Å². The first-order chi connectivity index (χ1) is 26.8. The first-order valence-electron chi connectivity index (χ1n) is 19.2. The predicted octanol–water partition coefficient (Wildman–Crippen LogP) is 5.80. The second-order valence-corrected chi connectivity index (χ2v) is 15.4. The monoisotopic (exact) mass is 759 g/mol. The molecule has 4 aromatic carbocycles. The predicted molar refractivity (Wildman–Crippen MR) is 221 cm³/mol. The van der Waals surface area contributed by atoms with Gasteiger partial charge in [0.2, 0.25) is 17.7 Å². The molecule has 0 radical (unpaired) electrons. The molecule has 55 heavy (non-hydrogen) atoms. The lowest BCUT2D eigenvalue weighted by molar-refractivity contribution is -0.142. The van der Waals surface area contributed by atoms with E-state index in [0.717, 1.165) is 54.1 Å². The van der Waals surface area contributed by atoms with Crippen LogP contribution in [-0.4, -0.2) is 65.9 Å². The highest BCUT2D eigenvalue weighted by atomic mass is 32.2. The van der Waals surface area contributed by atoms with E-state index in [1.807, 2.05) is 60.8 Å². The van der Waals surface area contributed by atoms with E-state index < -0.39 is 18.1 Å². The molecule has 1 aliphatic rings. The molecule has 3 amide bonds. The summed E-state index contributed by atoms with van der Waals surface area (Å²) in [4.78, 5) is 50.2. The molecule has 8 N–H and O–H groups in total. The van der Waals surface area contributed by atoms with E-state index in [-0.39, 0.29) is 30.7 Å². The fraction of sp³-hybridized carbons (Fsp3) is 0.341. The van der Waals surface area contributed by atoms with E-state index in [1.165, 1.54) is 4.90 Å². The summed E-state index contributed by atoms with van der Waals surface area (Å²) in [5.74, 6) is -0.871. The molecule has 11 heteroatoms. The Morgan fingerprint density at radius 3 is 2.29 bits per heavy atom. The minimum atomic E-state index is -0.863. The van der Waals surface area contributed by atoms with E-state index in [0.29, 0.717) is 51.7 Å². The van der Waals surface area contributed by atoms with Gasteiger partial charge in [0.15, 0.2) is 0 Å². The van der Waals surface area contributed by atoms with Crippen molar-refractivity contribution in [3.05, 3.63) is 119 Å². The number of nitrogens with zero attached hydrogens (tertiary/aromatic N) is 1. The van der Waals surface area contributed by atoms with Crippen LogP contribution in [0.2, 0.25) is 0 Å². The summed E-state index contributed by atoms with van der Waals surface area (Å²) in [6.07, 6.45) is 5.07. The number of unbranched alkanes of at least 4 members (excludes halogenated alkanes) is 1. The van der Waals surface area contributed by atoms with Gasteiger partial charge in [-0.3, -0.25) is 14.4 Å². The molecule has 1 aromatic heterocycles. The number of aryl methyl sites for hydroxylation is 1. The van der Waals surface area contributed by atoms with Gasteiger partial charge in [-0.1, -0.05) is 84.6 Å². The lowest BCUT2D eigenvalue weighted by atomic mass is 9.99. The lowest BCUT2D eigenvalue weighted by Gasteiger charge is -2.32. The molecule has 0 saturated heterocycles. The van der Waals surface area contributed by atoms with Crippen molar-refractivity contribution < 1.29 is 14.4 Å². The van der Waals surface area contributed by atoms with Gasteiger partial charge in [0.1, 0.15) is 12.1 Å². The molecule has 6 rings (SSSR count). The second kappa shape index (κ2) is 19.1. The number of aromatic nitrogens is 1. The number of benzene rings is 4. The van der Waals surface area contributed by atoms with E-state index in [2.05, 4.69) is 64.3 Å². The molecular formula is C44H53N7O3S. The maximum absolute atomic E-state index is 14.6. The number of amides is 3. The zero-order chi connectivity index (χ0) is 38.7. The van der Waals surface area contributed by atoms with Crippen LogP contribution in [0, 0.1) is 6.92 Å². The van der Waals surface area contributed by atoms with Crippen molar-refractivity contribution in [1.29, 1.82) is 0 Å². The fourth-order valence-electron chi connectivity index (χ4n) is 7.30. The third-order valence-electron chi connectivity index (χ3n) is 10.4. The number of carbonyl (C=O) groups is 3. The minimum absolute atomic E-state index is 0.257. The van der Waals surface area contributed by atoms with Crippen molar-refractivity contribution in [2.45, 2.75) is 86.5 Å². The topological polar surface area (TPSA) is 158 Å². The van der Waals surface area contributed by atoms with Gasteiger partial charge < -0.3 is 37.3 Å². The Kier molecular flexibility index (Phi) is 13.8.